The summed E-state index contributed by atoms with van der Waals surface area (Å²) in [6, 6.07) is -0.113. The molecule has 0 bridgehead atoms. The topological polar surface area (TPSA) is 98.7 Å². The molecule has 154 valence electrons. The molecule has 7 nitrogen and oxygen atoms in total. The lowest BCUT2D eigenvalue weighted by molar-refractivity contribution is -0.143. The van der Waals surface area contributed by atoms with Crippen LogP contribution in [0.3, 0.4) is 0 Å². The maximum absolute atomic E-state index is 12.8. The second kappa shape index (κ2) is 7.56. The number of rotatable bonds is 4. The molecule has 2 rings (SSSR count). The quantitative estimate of drug-likeness (QED) is 0.657. The monoisotopic (exact) mass is 413 g/mol. The second-order valence-electron chi connectivity index (χ2n) is 5.93. The SMILES string of the molecule is O=C(CNC(=O)c1cc(C(F)(F)F)cc(C(F)(F)F)c1)NC1CN(C(=O)O)C1. The van der Waals surface area contributed by atoms with Crippen LogP contribution in [0.4, 0.5) is 31.1 Å². The maximum Gasteiger partial charge on any atom is 0.416 e. The first-order valence-electron chi connectivity index (χ1n) is 7.62. The predicted molar refractivity (Wildman–Crippen MR) is 80.3 cm³/mol. The van der Waals surface area contributed by atoms with Gasteiger partial charge in [0.2, 0.25) is 5.91 Å². The molecule has 0 unspecified atom stereocenters. The van der Waals surface area contributed by atoms with Gasteiger partial charge in [-0.3, -0.25) is 9.59 Å². The summed E-state index contributed by atoms with van der Waals surface area (Å²) in [5, 5.41) is 12.9. The third-order valence-corrected chi connectivity index (χ3v) is 3.78. The van der Waals surface area contributed by atoms with Crippen molar-refractivity contribution in [1.29, 1.82) is 0 Å². The van der Waals surface area contributed by atoms with Gasteiger partial charge in [0.05, 0.1) is 23.7 Å². The van der Waals surface area contributed by atoms with Crippen molar-refractivity contribution in [3.8, 4) is 0 Å². The van der Waals surface area contributed by atoms with Crippen molar-refractivity contribution in [2.45, 2.75) is 18.4 Å². The number of carbonyl (C=O) groups excluding carboxylic acids is 2. The number of nitrogens with one attached hydrogen (secondary N) is 2. The molecule has 1 saturated heterocycles. The molecule has 1 heterocycles. The van der Waals surface area contributed by atoms with Crippen molar-refractivity contribution >= 4 is 17.9 Å². The summed E-state index contributed by atoms with van der Waals surface area (Å²) in [6.45, 7) is -0.658. The number of amides is 3. The van der Waals surface area contributed by atoms with Gasteiger partial charge in [-0.1, -0.05) is 0 Å². The van der Waals surface area contributed by atoms with Crippen LogP contribution < -0.4 is 10.6 Å². The molecule has 1 aromatic rings. The fourth-order valence-electron chi connectivity index (χ4n) is 2.35. The van der Waals surface area contributed by atoms with Gasteiger partial charge in [0.15, 0.2) is 0 Å². The summed E-state index contributed by atoms with van der Waals surface area (Å²) in [4.78, 5) is 35.1. The third kappa shape index (κ3) is 5.27. The van der Waals surface area contributed by atoms with Gasteiger partial charge < -0.3 is 20.6 Å². The first-order valence-corrected chi connectivity index (χ1v) is 7.62. The lowest BCUT2D eigenvalue weighted by Crippen LogP contribution is -2.61. The number of hydrogen-bond donors (Lipinski definition) is 3. The van der Waals surface area contributed by atoms with Crippen molar-refractivity contribution in [3.05, 3.63) is 34.9 Å². The molecule has 0 atom stereocenters. The summed E-state index contributed by atoms with van der Waals surface area (Å²) < 4.78 is 76.7. The highest BCUT2D eigenvalue weighted by molar-refractivity contribution is 5.97. The van der Waals surface area contributed by atoms with Crippen LogP contribution in [-0.4, -0.2) is 53.6 Å². The van der Waals surface area contributed by atoms with Crippen LogP contribution in [0, 0.1) is 0 Å². The van der Waals surface area contributed by atoms with E-state index in [2.05, 4.69) is 5.32 Å². The smallest absolute Gasteiger partial charge is 0.416 e. The van der Waals surface area contributed by atoms with E-state index in [9.17, 15) is 40.7 Å². The highest BCUT2D eigenvalue weighted by Gasteiger charge is 2.37. The van der Waals surface area contributed by atoms with E-state index in [1.165, 1.54) is 0 Å². The molecule has 13 heteroatoms. The Kier molecular flexibility index (Phi) is 5.75. The summed E-state index contributed by atoms with van der Waals surface area (Å²) in [5.74, 6) is -2.07. The Morgan fingerprint density at radius 2 is 1.50 bits per heavy atom. The van der Waals surface area contributed by atoms with E-state index in [-0.39, 0.29) is 31.3 Å². The Morgan fingerprint density at radius 3 is 1.93 bits per heavy atom. The molecular weight excluding hydrogens is 400 g/mol. The zero-order chi connectivity index (χ0) is 21.3. The van der Waals surface area contributed by atoms with Crippen LogP contribution in [0.2, 0.25) is 0 Å². The van der Waals surface area contributed by atoms with E-state index in [0.29, 0.717) is 0 Å². The number of hydrogen-bond acceptors (Lipinski definition) is 3. The summed E-state index contributed by atoms with van der Waals surface area (Å²) in [6.07, 6.45) is -11.4. The second-order valence-corrected chi connectivity index (χ2v) is 5.93. The van der Waals surface area contributed by atoms with Crippen molar-refractivity contribution in [3.63, 3.8) is 0 Å². The molecular formula is C15H13F6N3O4. The van der Waals surface area contributed by atoms with E-state index in [1.807, 2.05) is 5.32 Å². The minimum atomic E-state index is -5.10. The van der Waals surface area contributed by atoms with Gasteiger partial charge in [0, 0.05) is 18.7 Å². The molecule has 1 aliphatic heterocycles. The molecule has 0 saturated carbocycles. The Morgan fingerprint density at radius 1 is 1.00 bits per heavy atom. The van der Waals surface area contributed by atoms with Gasteiger partial charge in [-0.15, -0.1) is 0 Å². The van der Waals surface area contributed by atoms with Crippen molar-refractivity contribution < 1.29 is 45.8 Å². The van der Waals surface area contributed by atoms with Crippen molar-refractivity contribution in [2.75, 3.05) is 19.6 Å². The lowest BCUT2D eigenvalue weighted by Gasteiger charge is -2.37. The average molecular weight is 413 g/mol. The number of nitrogens with zero attached hydrogens (tertiary/aromatic N) is 1. The molecule has 0 spiro atoms. The minimum absolute atomic E-state index is 0.0254. The zero-order valence-electron chi connectivity index (χ0n) is 13.8. The summed E-state index contributed by atoms with van der Waals surface area (Å²) >= 11 is 0. The number of benzene rings is 1. The van der Waals surface area contributed by atoms with Crippen LogP contribution in [0.5, 0.6) is 0 Å². The first kappa shape index (κ1) is 21.3. The first-order chi connectivity index (χ1) is 12.8. The van der Waals surface area contributed by atoms with Gasteiger partial charge in [0.25, 0.3) is 5.91 Å². The Labute approximate surface area is 153 Å². The van der Waals surface area contributed by atoms with Crippen LogP contribution in [0.15, 0.2) is 18.2 Å². The maximum atomic E-state index is 12.8. The number of alkyl halides is 6. The summed E-state index contributed by atoms with van der Waals surface area (Å²) in [7, 11) is 0. The minimum Gasteiger partial charge on any atom is -0.465 e. The van der Waals surface area contributed by atoms with E-state index >= 15 is 0 Å². The third-order valence-electron chi connectivity index (χ3n) is 3.78. The normalized spacial score (nSPS) is 15.0. The van der Waals surface area contributed by atoms with Crippen molar-refractivity contribution in [2.24, 2.45) is 0 Å². The van der Waals surface area contributed by atoms with Crippen LogP contribution in [-0.2, 0) is 17.1 Å². The van der Waals surface area contributed by atoms with Crippen molar-refractivity contribution in [1.82, 2.24) is 15.5 Å². The van der Waals surface area contributed by atoms with Gasteiger partial charge in [-0.25, -0.2) is 4.79 Å². The predicted octanol–water partition coefficient (Wildman–Crippen LogP) is 1.93. The van der Waals surface area contributed by atoms with Crippen LogP contribution >= 0.6 is 0 Å². The molecule has 0 radical (unpaired) electrons. The molecule has 0 aromatic heterocycles. The van der Waals surface area contributed by atoms with Crippen LogP contribution in [0.25, 0.3) is 0 Å². The fourth-order valence-corrected chi connectivity index (χ4v) is 2.35. The van der Waals surface area contributed by atoms with E-state index in [0.717, 1.165) is 4.90 Å². The number of likely N-dealkylation sites (tertiary alicyclic amines) is 1. The Bertz CT molecular complexity index is 755. The molecule has 1 aromatic carbocycles. The van der Waals surface area contributed by atoms with Crippen LogP contribution in [0.1, 0.15) is 21.5 Å². The zero-order valence-corrected chi connectivity index (χ0v) is 13.8. The number of carbonyl (C=O) groups is 3. The Hall–Kier alpha value is -2.99. The highest BCUT2D eigenvalue weighted by Crippen LogP contribution is 2.36. The molecule has 1 aliphatic rings. The highest BCUT2D eigenvalue weighted by atomic mass is 19.4. The standard InChI is InChI=1S/C15H13F6N3O4/c16-14(17,18)8-1-7(2-9(3-8)15(19,20)21)12(26)22-4-11(25)23-10-5-24(6-10)13(27)28/h1-3,10H,4-6H2,(H,22,26)(H,23,25)(H,27,28). The number of carboxylic acid groups (broad SMARTS) is 1. The Balaban J connectivity index is 2.01. The van der Waals surface area contributed by atoms with Gasteiger partial charge >= 0.3 is 18.4 Å². The van der Waals surface area contributed by atoms with E-state index < -0.39 is 59.5 Å². The fraction of sp³-hybridized carbons (Fsp3) is 0.400. The van der Waals surface area contributed by atoms with Gasteiger partial charge in [-0.05, 0) is 18.2 Å². The molecule has 1 fully saturated rings. The van der Waals surface area contributed by atoms with Gasteiger partial charge in [-0.2, -0.15) is 26.3 Å². The average Bonchev–Trinajstić information content (AvgIpc) is 2.53. The van der Waals surface area contributed by atoms with E-state index in [1.54, 1.807) is 0 Å². The lowest BCUT2D eigenvalue weighted by atomic mass is 10.0. The molecule has 0 aliphatic carbocycles. The molecule has 28 heavy (non-hydrogen) atoms. The molecule has 3 amide bonds. The molecule has 3 N–H and O–H groups in total. The van der Waals surface area contributed by atoms with E-state index in [4.69, 9.17) is 5.11 Å². The largest absolute Gasteiger partial charge is 0.465 e. The van der Waals surface area contributed by atoms with Gasteiger partial charge in [0.1, 0.15) is 0 Å². The summed E-state index contributed by atoms with van der Waals surface area (Å²) in [5.41, 5.74) is -4.21. The number of halogens is 6.